The van der Waals surface area contributed by atoms with Gasteiger partial charge >= 0.3 is 5.97 Å². The van der Waals surface area contributed by atoms with E-state index in [0.717, 1.165) is 25.7 Å². The van der Waals surface area contributed by atoms with Gasteiger partial charge in [-0.15, -0.1) is 0 Å². The average Bonchev–Trinajstić information content (AvgIpc) is 2.65. The maximum absolute atomic E-state index is 12.3. The number of allylic oxidation sites excluding steroid dienone is 1. The maximum Gasteiger partial charge on any atom is 0.308 e. The predicted octanol–water partition coefficient (Wildman–Crippen LogP) is 5.29. The number of fused-ring (bicyclic) bond motifs is 4. The summed E-state index contributed by atoms with van der Waals surface area (Å²) >= 11 is 0. The van der Waals surface area contributed by atoms with Crippen LogP contribution < -0.4 is 0 Å². The number of benzene rings is 1. The van der Waals surface area contributed by atoms with Gasteiger partial charge in [0.05, 0.1) is 18.6 Å². The Balaban J connectivity index is 1.66. The summed E-state index contributed by atoms with van der Waals surface area (Å²) in [6.45, 7) is 0.377. The predicted molar refractivity (Wildman–Crippen MR) is 102 cm³/mol. The monoisotopic (exact) mass is 354 g/mol. The molecule has 0 amide bonds. The summed E-state index contributed by atoms with van der Waals surface area (Å²) < 4.78 is 11.9. The summed E-state index contributed by atoms with van der Waals surface area (Å²) in [4.78, 5) is 12.3. The van der Waals surface area contributed by atoms with Gasteiger partial charge in [0.1, 0.15) is 6.61 Å². The summed E-state index contributed by atoms with van der Waals surface area (Å²) in [5.74, 6) is -0.126. The molecule has 1 saturated heterocycles. The maximum atomic E-state index is 12.3. The molecule has 1 aromatic carbocycles. The zero-order valence-corrected chi connectivity index (χ0v) is 15.6. The molecule has 3 heteroatoms. The molecule has 0 N–H and O–H groups in total. The number of rotatable bonds is 0. The summed E-state index contributed by atoms with van der Waals surface area (Å²) in [7, 11) is 0. The first-order valence-electron chi connectivity index (χ1n) is 10.3. The molecule has 0 radical (unpaired) electrons. The van der Waals surface area contributed by atoms with Crippen LogP contribution in [0.5, 0.6) is 0 Å². The SMILES string of the molecule is O=C1C[C@@H]2CC3(CCCCC3)C[C@@H](O2)c2ccccc2CC/C=C/CO1. The third kappa shape index (κ3) is 4.03. The van der Waals surface area contributed by atoms with Gasteiger partial charge in [0.2, 0.25) is 0 Å². The van der Waals surface area contributed by atoms with E-state index in [1.54, 1.807) is 0 Å². The van der Waals surface area contributed by atoms with Crippen molar-refractivity contribution in [1.82, 2.24) is 0 Å². The topological polar surface area (TPSA) is 35.5 Å². The van der Waals surface area contributed by atoms with Crippen LogP contribution in [-0.4, -0.2) is 18.7 Å². The lowest BCUT2D eigenvalue weighted by molar-refractivity contribution is -0.155. The van der Waals surface area contributed by atoms with Gasteiger partial charge in [-0.25, -0.2) is 0 Å². The number of esters is 1. The number of carbonyl (C=O) groups is 1. The van der Waals surface area contributed by atoms with Crippen LogP contribution >= 0.6 is 0 Å². The molecular weight excluding hydrogens is 324 g/mol. The van der Waals surface area contributed by atoms with E-state index in [0.29, 0.717) is 18.4 Å². The lowest BCUT2D eigenvalue weighted by Gasteiger charge is -2.47. The largest absolute Gasteiger partial charge is 0.461 e. The van der Waals surface area contributed by atoms with Crippen LogP contribution in [0.25, 0.3) is 0 Å². The van der Waals surface area contributed by atoms with Crippen molar-refractivity contribution in [3.05, 3.63) is 47.5 Å². The minimum atomic E-state index is -0.126. The number of cyclic esters (lactones) is 1. The molecule has 2 fully saturated rings. The number of aryl methyl sites for hydroxylation is 1. The van der Waals surface area contributed by atoms with Crippen LogP contribution in [0.3, 0.4) is 0 Å². The Labute approximate surface area is 156 Å². The Morgan fingerprint density at radius 1 is 1.00 bits per heavy atom. The minimum Gasteiger partial charge on any atom is -0.461 e. The number of carbonyl (C=O) groups excluding carboxylic acids is 1. The molecule has 2 aliphatic heterocycles. The summed E-state index contributed by atoms with van der Waals surface area (Å²) in [5.41, 5.74) is 3.07. The molecule has 3 nitrogen and oxygen atoms in total. The first-order chi connectivity index (χ1) is 12.7. The smallest absolute Gasteiger partial charge is 0.308 e. The van der Waals surface area contributed by atoms with E-state index < -0.39 is 0 Å². The van der Waals surface area contributed by atoms with Crippen LogP contribution in [0.2, 0.25) is 0 Å². The summed E-state index contributed by atoms with van der Waals surface area (Å²) in [6, 6.07) is 8.73. The van der Waals surface area contributed by atoms with Crippen molar-refractivity contribution in [3.8, 4) is 0 Å². The third-order valence-corrected chi connectivity index (χ3v) is 6.43. The van der Waals surface area contributed by atoms with Gasteiger partial charge in [0.25, 0.3) is 0 Å². The highest BCUT2D eigenvalue weighted by molar-refractivity contribution is 5.70. The molecule has 1 saturated carbocycles. The molecule has 1 aromatic rings. The van der Waals surface area contributed by atoms with E-state index in [1.807, 2.05) is 6.08 Å². The molecule has 26 heavy (non-hydrogen) atoms. The van der Waals surface area contributed by atoms with Gasteiger partial charge < -0.3 is 9.47 Å². The van der Waals surface area contributed by atoms with Crippen LogP contribution in [0.4, 0.5) is 0 Å². The number of ether oxygens (including phenoxy) is 2. The number of hydrogen-bond donors (Lipinski definition) is 0. The number of hydrogen-bond acceptors (Lipinski definition) is 3. The fraction of sp³-hybridized carbons (Fsp3) is 0.609. The molecule has 4 rings (SSSR count). The molecule has 3 aliphatic rings. The summed E-state index contributed by atoms with van der Waals surface area (Å²) in [6.07, 6.45) is 15.2. The van der Waals surface area contributed by atoms with Crippen molar-refractivity contribution in [3.63, 3.8) is 0 Å². The van der Waals surface area contributed by atoms with Gasteiger partial charge in [0.15, 0.2) is 0 Å². The second-order valence-corrected chi connectivity index (χ2v) is 8.31. The minimum absolute atomic E-state index is 0.0165. The highest BCUT2D eigenvalue weighted by Gasteiger charge is 2.43. The van der Waals surface area contributed by atoms with E-state index in [1.165, 1.54) is 43.2 Å². The Kier molecular flexibility index (Phi) is 5.44. The molecule has 2 bridgehead atoms. The Morgan fingerprint density at radius 2 is 1.85 bits per heavy atom. The van der Waals surface area contributed by atoms with Crippen LogP contribution in [-0.2, 0) is 20.7 Å². The highest BCUT2D eigenvalue weighted by atomic mass is 16.5. The molecule has 2 atom stereocenters. The van der Waals surface area contributed by atoms with Crippen molar-refractivity contribution in [2.45, 2.75) is 76.4 Å². The van der Waals surface area contributed by atoms with E-state index >= 15 is 0 Å². The van der Waals surface area contributed by atoms with Gasteiger partial charge in [-0.3, -0.25) is 4.79 Å². The van der Waals surface area contributed by atoms with Crippen molar-refractivity contribution >= 4 is 5.97 Å². The van der Waals surface area contributed by atoms with E-state index in [9.17, 15) is 4.79 Å². The Hall–Kier alpha value is -1.61. The summed E-state index contributed by atoms with van der Waals surface area (Å²) in [5, 5.41) is 0. The molecule has 2 heterocycles. The van der Waals surface area contributed by atoms with Gasteiger partial charge in [-0.1, -0.05) is 55.7 Å². The standard InChI is InChI=1S/C23H30O3/c24-22-15-19-16-23(12-6-2-7-13-23)17-21(26-19)20-11-5-4-10-18(20)9-3-1-8-14-25-22/h1,4-5,8,10-11,19,21H,2-3,6-7,9,12-17H2/b8-1+/t19-,21-/m1/s1. The Morgan fingerprint density at radius 3 is 2.73 bits per heavy atom. The van der Waals surface area contributed by atoms with Crippen LogP contribution in [0.1, 0.15) is 75.0 Å². The molecule has 0 unspecified atom stereocenters. The first-order valence-corrected chi connectivity index (χ1v) is 10.3. The lowest BCUT2D eigenvalue weighted by atomic mass is 9.65. The molecule has 1 spiro atoms. The molecular formula is C23H30O3. The quantitative estimate of drug-likeness (QED) is 0.469. The van der Waals surface area contributed by atoms with E-state index in [-0.39, 0.29) is 18.2 Å². The van der Waals surface area contributed by atoms with E-state index in [2.05, 4.69) is 30.3 Å². The van der Waals surface area contributed by atoms with Gasteiger partial charge in [0, 0.05) is 0 Å². The third-order valence-electron chi connectivity index (χ3n) is 6.43. The van der Waals surface area contributed by atoms with Crippen LogP contribution in [0, 0.1) is 5.41 Å². The van der Waals surface area contributed by atoms with E-state index in [4.69, 9.17) is 9.47 Å². The van der Waals surface area contributed by atoms with Crippen molar-refractivity contribution < 1.29 is 14.3 Å². The fourth-order valence-electron chi connectivity index (χ4n) is 5.19. The zero-order valence-electron chi connectivity index (χ0n) is 15.6. The second kappa shape index (κ2) is 7.96. The van der Waals surface area contributed by atoms with Crippen molar-refractivity contribution in [2.24, 2.45) is 5.41 Å². The van der Waals surface area contributed by atoms with Crippen molar-refractivity contribution in [2.75, 3.05) is 6.61 Å². The fourth-order valence-corrected chi connectivity index (χ4v) is 5.19. The van der Waals surface area contributed by atoms with Crippen molar-refractivity contribution in [1.29, 1.82) is 0 Å². The molecule has 0 aromatic heterocycles. The Bertz CT molecular complexity index is 657. The normalized spacial score (nSPS) is 30.2. The van der Waals surface area contributed by atoms with Gasteiger partial charge in [-0.05, 0) is 55.1 Å². The van der Waals surface area contributed by atoms with Gasteiger partial charge in [-0.2, -0.15) is 0 Å². The average molecular weight is 354 g/mol. The van der Waals surface area contributed by atoms with Crippen LogP contribution in [0.15, 0.2) is 36.4 Å². The molecule has 1 aliphatic carbocycles. The zero-order chi connectivity index (χ0) is 17.8. The highest BCUT2D eigenvalue weighted by Crippen LogP contribution is 2.52. The lowest BCUT2D eigenvalue weighted by Crippen LogP contribution is -2.39. The first kappa shape index (κ1) is 17.8. The second-order valence-electron chi connectivity index (χ2n) is 8.31. The molecule has 140 valence electrons.